The summed E-state index contributed by atoms with van der Waals surface area (Å²) in [7, 11) is 1.60. The van der Waals surface area contributed by atoms with E-state index in [0.717, 1.165) is 12.1 Å². The van der Waals surface area contributed by atoms with Crippen molar-refractivity contribution in [2.75, 3.05) is 30.8 Å². The van der Waals surface area contributed by atoms with Gasteiger partial charge in [-0.05, 0) is 36.4 Å². The Hall–Kier alpha value is -3.14. The van der Waals surface area contributed by atoms with Crippen LogP contribution in [0.5, 0.6) is 5.75 Å². The fraction of sp³-hybridized carbons (Fsp3) is 0.222. The zero-order valence-corrected chi connectivity index (χ0v) is 14.8. The maximum absolute atomic E-state index is 13.5. The van der Waals surface area contributed by atoms with E-state index in [1.807, 2.05) is 0 Å². The van der Waals surface area contributed by atoms with Crippen LogP contribution in [-0.4, -0.2) is 38.3 Å². The molecule has 2 amide bonds. The van der Waals surface area contributed by atoms with Crippen LogP contribution in [0.1, 0.15) is 0 Å². The lowest BCUT2D eigenvalue weighted by atomic mass is 10.3. The SMILES string of the molecule is C[NH+](CC(=O)Nc1ccc(OC(F)(F)F)cc1)CC(=O)Nc1ccccc1F. The molecule has 3 N–H and O–H groups in total. The monoisotopic (exact) mass is 400 g/mol. The van der Waals surface area contributed by atoms with Crippen LogP contribution in [0.15, 0.2) is 48.5 Å². The number of hydrogen-bond acceptors (Lipinski definition) is 3. The molecule has 6 nitrogen and oxygen atoms in total. The topological polar surface area (TPSA) is 71.9 Å². The summed E-state index contributed by atoms with van der Waals surface area (Å²) in [5.74, 6) is -1.88. The van der Waals surface area contributed by atoms with Crippen molar-refractivity contribution in [2.24, 2.45) is 0 Å². The van der Waals surface area contributed by atoms with Crippen molar-refractivity contribution in [3.05, 3.63) is 54.3 Å². The van der Waals surface area contributed by atoms with Gasteiger partial charge in [-0.25, -0.2) is 4.39 Å². The number of carbonyl (C=O) groups excluding carboxylic acids is 2. The molecule has 0 spiro atoms. The predicted octanol–water partition coefficient (Wildman–Crippen LogP) is 1.82. The molecule has 2 aromatic rings. The Morgan fingerprint density at radius 1 is 0.964 bits per heavy atom. The highest BCUT2D eigenvalue weighted by Gasteiger charge is 2.31. The summed E-state index contributed by atoms with van der Waals surface area (Å²) in [5.41, 5.74) is 0.328. The van der Waals surface area contributed by atoms with Crippen LogP contribution in [0.3, 0.4) is 0 Å². The smallest absolute Gasteiger partial charge is 0.406 e. The van der Waals surface area contributed by atoms with E-state index in [1.54, 1.807) is 13.1 Å². The fourth-order valence-electron chi connectivity index (χ4n) is 2.31. The number of para-hydroxylation sites is 1. The molecule has 0 saturated carbocycles. The van der Waals surface area contributed by atoms with E-state index in [9.17, 15) is 27.2 Å². The first-order valence-corrected chi connectivity index (χ1v) is 8.14. The van der Waals surface area contributed by atoms with Crippen LogP contribution < -0.4 is 20.3 Å². The number of alkyl halides is 3. The third kappa shape index (κ3) is 7.23. The molecule has 0 bridgehead atoms. The average molecular weight is 400 g/mol. The Bertz CT molecular complexity index is 826. The lowest BCUT2D eigenvalue weighted by molar-refractivity contribution is -0.862. The second-order valence-corrected chi connectivity index (χ2v) is 5.96. The van der Waals surface area contributed by atoms with Crippen molar-refractivity contribution in [1.82, 2.24) is 0 Å². The molecule has 0 aliphatic rings. The van der Waals surface area contributed by atoms with Crippen LogP contribution in [0, 0.1) is 5.82 Å². The molecule has 0 aliphatic carbocycles. The van der Waals surface area contributed by atoms with Gasteiger partial charge in [-0.2, -0.15) is 0 Å². The van der Waals surface area contributed by atoms with Gasteiger partial charge in [-0.1, -0.05) is 12.1 Å². The molecule has 0 fully saturated rings. The van der Waals surface area contributed by atoms with Crippen LogP contribution in [-0.2, 0) is 9.59 Å². The van der Waals surface area contributed by atoms with Gasteiger partial charge >= 0.3 is 6.36 Å². The minimum absolute atomic E-state index is 0.0471. The van der Waals surface area contributed by atoms with Crippen molar-refractivity contribution in [3.8, 4) is 5.75 Å². The first kappa shape index (κ1) is 21.2. The van der Waals surface area contributed by atoms with E-state index in [2.05, 4.69) is 15.4 Å². The third-order valence-corrected chi connectivity index (χ3v) is 3.44. The Kier molecular flexibility index (Phi) is 6.94. The summed E-state index contributed by atoms with van der Waals surface area (Å²) in [5, 5.41) is 4.92. The minimum Gasteiger partial charge on any atom is -0.406 e. The highest BCUT2D eigenvalue weighted by atomic mass is 19.4. The van der Waals surface area contributed by atoms with Gasteiger partial charge in [0, 0.05) is 5.69 Å². The number of anilines is 2. The van der Waals surface area contributed by atoms with Crippen LogP contribution in [0.2, 0.25) is 0 Å². The van der Waals surface area contributed by atoms with E-state index in [0.29, 0.717) is 4.90 Å². The molecule has 28 heavy (non-hydrogen) atoms. The normalized spacial score (nSPS) is 12.2. The number of amides is 2. The predicted molar refractivity (Wildman–Crippen MR) is 93.4 cm³/mol. The summed E-state index contributed by atoms with van der Waals surface area (Å²) in [4.78, 5) is 24.5. The molecule has 0 heterocycles. The number of hydrogen-bond donors (Lipinski definition) is 3. The molecular formula is C18H18F4N3O3+. The van der Waals surface area contributed by atoms with E-state index >= 15 is 0 Å². The molecule has 0 aliphatic heterocycles. The third-order valence-electron chi connectivity index (χ3n) is 3.44. The molecule has 10 heteroatoms. The molecule has 150 valence electrons. The maximum atomic E-state index is 13.5. The molecule has 1 unspecified atom stereocenters. The number of benzene rings is 2. The number of likely N-dealkylation sites (N-methyl/N-ethyl adjacent to an activating group) is 1. The number of halogens is 4. The highest BCUT2D eigenvalue weighted by Crippen LogP contribution is 2.23. The summed E-state index contributed by atoms with van der Waals surface area (Å²) in [6.07, 6.45) is -4.79. The summed E-state index contributed by atoms with van der Waals surface area (Å²) in [6, 6.07) is 10.4. The standard InChI is InChI=1S/C18H17F4N3O3/c1-25(11-17(27)24-15-5-3-2-4-14(15)19)10-16(26)23-12-6-8-13(9-7-12)28-18(20,21)22/h2-9H,10-11H2,1H3,(H,23,26)(H,24,27)/p+1. The summed E-state index contributed by atoms with van der Waals surface area (Å²) >= 11 is 0. The summed E-state index contributed by atoms with van der Waals surface area (Å²) < 4.78 is 53.6. The van der Waals surface area contributed by atoms with Crippen LogP contribution >= 0.6 is 0 Å². The van der Waals surface area contributed by atoms with E-state index in [4.69, 9.17) is 0 Å². The first-order valence-electron chi connectivity index (χ1n) is 8.14. The van der Waals surface area contributed by atoms with Gasteiger partial charge in [-0.15, -0.1) is 13.2 Å². The van der Waals surface area contributed by atoms with Crippen molar-refractivity contribution in [1.29, 1.82) is 0 Å². The minimum atomic E-state index is -4.79. The van der Waals surface area contributed by atoms with E-state index in [1.165, 1.54) is 30.3 Å². The quantitative estimate of drug-likeness (QED) is 0.621. The van der Waals surface area contributed by atoms with Crippen LogP contribution in [0.4, 0.5) is 28.9 Å². The Labute approximate surface area is 158 Å². The van der Waals surface area contributed by atoms with Gasteiger partial charge in [0.1, 0.15) is 11.6 Å². The van der Waals surface area contributed by atoms with Gasteiger partial charge in [0.05, 0.1) is 12.7 Å². The Morgan fingerprint density at radius 3 is 2.11 bits per heavy atom. The first-order chi connectivity index (χ1) is 13.1. The van der Waals surface area contributed by atoms with Crippen molar-refractivity contribution < 1.29 is 36.8 Å². The number of nitrogens with one attached hydrogen (secondary N) is 3. The molecule has 2 aromatic carbocycles. The number of rotatable bonds is 7. The second-order valence-electron chi connectivity index (χ2n) is 5.96. The molecular weight excluding hydrogens is 382 g/mol. The van der Waals surface area contributed by atoms with E-state index < -0.39 is 29.7 Å². The van der Waals surface area contributed by atoms with Crippen molar-refractivity contribution in [3.63, 3.8) is 0 Å². The number of carbonyl (C=O) groups is 2. The molecule has 0 saturated heterocycles. The van der Waals surface area contributed by atoms with Gasteiger partial charge in [0.15, 0.2) is 13.1 Å². The zero-order chi connectivity index (χ0) is 20.7. The van der Waals surface area contributed by atoms with Crippen molar-refractivity contribution in [2.45, 2.75) is 6.36 Å². The van der Waals surface area contributed by atoms with Crippen LogP contribution in [0.25, 0.3) is 0 Å². The lowest BCUT2D eigenvalue weighted by Crippen LogP contribution is -3.11. The lowest BCUT2D eigenvalue weighted by Gasteiger charge is -2.14. The largest absolute Gasteiger partial charge is 0.573 e. The average Bonchev–Trinajstić information content (AvgIpc) is 2.57. The second kappa shape index (κ2) is 9.18. The van der Waals surface area contributed by atoms with Gasteiger partial charge in [0.25, 0.3) is 11.8 Å². The van der Waals surface area contributed by atoms with Crippen molar-refractivity contribution >= 4 is 23.2 Å². The Balaban J connectivity index is 1.80. The van der Waals surface area contributed by atoms with Gasteiger partial charge in [-0.3, -0.25) is 9.59 Å². The molecule has 1 atom stereocenters. The van der Waals surface area contributed by atoms with Gasteiger partial charge < -0.3 is 20.3 Å². The van der Waals surface area contributed by atoms with E-state index in [-0.39, 0.29) is 24.5 Å². The molecule has 0 aromatic heterocycles. The zero-order valence-electron chi connectivity index (χ0n) is 14.8. The molecule has 0 radical (unpaired) electrons. The summed E-state index contributed by atoms with van der Waals surface area (Å²) in [6.45, 7) is -0.161. The van der Waals surface area contributed by atoms with Gasteiger partial charge in [0.2, 0.25) is 0 Å². The fourth-order valence-corrected chi connectivity index (χ4v) is 2.31. The molecule has 2 rings (SSSR count). The number of quaternary nitrogens is 1. The maximum Gasteiger partial charge on any atom is 0.573 e. The highest BCUT2D eigenvalue weighted by molar-refractivity contribution is 5.93. The Morgan fingerprint density at radius 2 is 1.54 bits per heavy atom. The number of ether oxygens (including phenoxy) is 1.